The van der Waals surface area contributed by atoms with Crippen molar-refractivity contribution in [2.75, 3.05) is 30.3 Å². The first-order valence-corrected chi connectivity index (χ1v) is 8.56. The Bertz CT molecular complexity index is 564. The average molecular weight is 297 g/mol. The molecule has 1 aliphatic rings. The van der Waals surface area contributed by atoms with Crippen molar-refractivity contribution in [1.82, 2.24) is 4.72 Å². The van der Waals surface area contributed by atoms with Gasteiger partial charge in [0.1, 0.15) is 0 Å². The number of nitrogen functional groups attached to an aromatic ring is 1. The van der Waals surface area contributed by atoms with Crippen molar-refractivity contribution in [3.05, 3.63) is 18.2 Å². The zero-order valence-corrected chi connectivity index (χ0v) is 12.9. The number of rotatable bonds is 4. The average Bonchev–Trinajstić information content (AvgIpc) is 2.40. The maximum atomic E-state index is 12.1. The first kappa shape index (κ1) is 15.1. The molecule has 0 atom stereocenters. The molecule has 0 amide bonds. The molecule has 5 nitrogen and oxygen atoms in total. The van der Waals surface area contributed by atoms with Crippen LogP contribution >= 0.6 is 0 Å². The topological polar surface area (TPSA) is 75.4 Å². The van der Waals surface area contributed by atoms with E-state index in [-0.39, 0.29) is 4.90 Å². The van der Waals surface area contributed by atoms with E-state index in [1.54, 1.807) is 25.1 Å². The maximum absolute atomic E-state index is 12.1. The molecule has 3 N–H and O–H groups in total. The predicted molar refractivity (Wildman–Crippen MR) is 82.3 cm³/mol. The van der Waals surface area contributed by atoms with Crippen LogP contribution in [0, 0.1) is 5.92 Å². The lowest BCUT2D eigenvalue weighted by Crippen LogP contribution is -2.33. The van der Waals surface area contributed by atoms with Gasteiger partial charge in [0, 0.05) is 19.6 Å². The van der Waals surface area contributed by atoms with E-state index in [0.29, 0.717) is 12.2 Å². The molecule has 6 heteroatoms. The number of hydrogen-bond donors (Lipinski definition) is 2. The van der Waals surface area contributed by atoms with Crippen LogP contribution < -0.4 is 15.4 Å². The minimum atomic E-state index is -3.43. The van der Waals surface area contributed by atoms with Crippen LogP contribution in [0.1, 0.15) is 26.7 Å². The summed E-state index contributed by atoms with van der Waals surface area (Å²) in [5, 5.41) is 0. The third kappa shape index (κ3) is 3.24. The van der Waals surface area contributed by atoms with E-state index in [1.165, 1.54) is 0 Å². The van der Waals surface area contributed by atoms with Gasteiger partial charge < -0.3 is 10.6 Å². The summed E-state index contributed by atoms with van der Waals surface area (Å²) in [6.07, 6.45) is 2.23. The van der Waals surface area contributed by atoms with Crippen LogP contribution in [0.4, 0.5) is 11.4 Å². The minimum Gasteiger partial charge on any atom is -0.397 e. The van der Waals surface area contributed by atoms with Crippen LogP contribution in [0.3, 0.4) is 0 Å². The summed E-state index contributed by atoms with van der Waals surface area (Å²) in [6.45, 7) is 6.24. The summed E-state index contributed by atoms with van der Waals surface area (Å²) in [6, 6.07) is 4.92. The Morgan fingerprint density at radius 1 is 1.35 bits per heavy atom. The SMILES string of the molecule is CCNS(=O)(=O)c1ccc(N)c(N2CCC(C)CC2)c1. The number of nitrogens with one attached hydrogen (secondary N) is 1. The highest BCUT2D eigenvalue weighted by atomic mass is 32.2. The summed E-state index contributed by atoms with van der Waals surface area (Å²) < 4.78 is 26.6. The highest BCUT2D eigenvalue weighted by Gasteiger charge is 2.20. The van der Waals surface area contributed by atoms with Gasteiger partial charge in [-0.1, -0.05) is 13.8 Å². The lowest BCUT2D eigenvalue weighted by Gasteiger charge is -2.33. The highest BCUT2D eigenvalue weighted by molar-refractivity contribution is 7.89. The van der Waals surface area contributed by atoms with Crippen molar-refractivity contribution < 1.29 is 8.42 Å². The maximum Gasteiger partial charge on any atom is 0.240 e. The van der Waals surface area contributed by atoms with E-state index in [9.17, 15) is 8.42 Å². The van der Waals surface area contributed by atoms with Crippen LogP contribution in [0.15, 0.2) is 23.1 Å². The molecule has 20 heavy (non-hydrogen) atoms. The Labute approximate surface area is 121 Å². The Balaban J connectivity index is 2.30. The number of benzene rings is 1. The predicted octanol–water partition coefficient (Wildman–Crippen LogP) is 1.80. The third-order valence-electron chi connectivity index (χ3n) is 3.77. The first-order valence-electron chi connectivity index (χ1n) is 7.08. The summed E-state index contributed by atoms with van der Waals surface area (Å²) in [5.41, 5.74) is 7.48. The largest absolute Gasteiger partial charge is 0.397 e. The molecule has 0 aromatic heterocycles. The fourth-order valence-corrected chi connectivity index (χ4v) is 3.55. The van der Waals surface area contributed by atoms with Gasteiger partial charge in [-0.15, -0.1) is 0 Å². The van der Waals surface area contributed by atoms with Gasteiger partial charge in [-0.25, -0.2) is 13.1 Å². The lowest BCUT2D eigenvalue weighted by molar-refractivity contribution is 0.438. The molecule has 1 aromatic rings. The van der Waals surface area contributed by atoms with Crippen molar-refractivity contribution in [1.29, 1.82) is 0 Å². The summed E-state index contributed by atoms with van der Waals surface area (Å²) >= 11 is 0. The summed E-state index contributed by atoms with van der Waals surface area (Å²) in [4.78, 5) is 2.46. The second-order valence-electron chi connectivity index (χ2n) is 5.39. The van der Waals surface area contributed by atoms with Crippen molar-refractivity contribution in [3.63, 3.8) is 0 Å². The molecule has 1 aliphatic heterocycles. The number of anilines is 2. The molecule has 1 saturated heterocycles. The molecule has 0 bridgehead atoms. The number of piperidine rings is 1. The second-order valence-corrected chi connectivity index (χ2v) is 7.16. The number of hydrogen-bond acceptors (Lipinski definition) is 4. The van der Waals surface area contributed by atoms with Crippen LogP contribution in [-0.4, -0.2) is 28.1 Å². The van der Waals surface area contributed by atoms with Crippen LogP contribution in [0.2, 0.25) is 0 Å². The second kappa shape index (κ2) is 6.01. The van der Waals surface area contributed by atoms with Crippen molar-refractivity contribution in [3.8, 4) is 0 Å². The van der Waals surface area contributed by atoms with Gasteiger partial charge in [0.2, 0.25) is 10.0 Å². The Morgan fingerprint density at radius 3 is 2.60 bits per heavy atom. The quantitative estimate of drug-likeness (QED) is 0.831. The fourth-order valence-electron chi connectivity index (χ4n) is 2.49. The van der Waals surface area contributed by atoms with Gasteiger partial charge in [-0.3, -0.25) is 0 Å². The van der Waals surface area contributed by atoms with Crippen molar-refractivity contribution in [2.45, 2.75) is 31.6 Å². The summed E-state index contributed by atoms with van der Waals surface area (Å²) in [7, 11) is -3.43. The van der Waals surface area contributed by atoms with Gasteiger partial charge in [0.05, 0.1) is 16.3 Å². The monoisotopic (exact) mass is 297 g/mol. The van der Waals surface area contributed by atoms with E-state index in [2.05, 4.69) is 16.5 Å². The molecule has 0 radical (unpaired) electrons. The molecule has 1 aromatic carbocycles. The number of nitrogens with two attached hydrogens (primary N) is 1. The first-order chi connectivity index (χ1) is 9.44. The smallest absolute Gasteiger partial charge is 0.240 e. The van der Waals surface area contributed by atoms with E-state index in [4.69, 9.17) is 5.73 Å². The third-order valence-corrected chi connectivity index (χ3v) is 5.31. The minimum absolute atomic E-state index is 0.280. The molecule has 112 valence electrons. The zero-order valence-electron chi connectivity index (χ0n) is 12.1. The molecule has 0 spiro atoms. The van der Waals surface area contributed by atoms with E-state index < -0.39 is 10.0 Å². The fraction of sp³-hybridized carbons (Fsp3) is 0.571. The van der Waals surface area contributed by atoms with Crippen LogP contribution in [0.5, 0.6) is 0 Å². The highest BCUT2D eigenvalue weighted by Crippen LogP contribution is 2.30. The molecular formula is C14H23N3O2S. The van der Waals surface area contributed by atoms with E-state index in [1.807, 2.05) is 0 Å². The van der Waals surface area contributed by atoms with Gasteiger partial charge in [-0.05, 0) is 37.0 Å². The molecule has 0 saturated carbocycles. The van der Waals surface area contributed by atoms with Crippen molar-refractivity contribution >= 4 is 21.4 Å². The molecule has 2 rings (SSSR count). The zero-order chi connectivity index (χ0) is 14.8. The van der Waals surface area contributed by atoms with E-state index in [0.717, 1.165) is 37.5 Å². The Morgan fingerprint density at radius 2 is 2.00 bits per heavy atom. The van der Waals surface area contributed by atoms with Gasteiger partial charge in [0.25, 0.3) is 0 Å². The lowest BCUT2D eigenvalue weighted by atomic mass is 9.98. The summed E-state index contributed by atoms with van der Waals surface area (Å²) in [5.74, 6) is 0.723. The van der Waals surface area contributed by atoms with Gasteiger partial charge >= 0.3 is 0 Å². The molecule has 1 fully saturated rings. The van der Waals surface area contributed by atoms with Gasteiger partial charge in [-0.2, -0.15) is 0 Å². The normalized spacial score (nSPS) is 17.4. The van der Waals surface area contributed by atoms with E-state index >= 15 is 0 Å². The molecule has 0 unspecified atom stereocenters. The van der Waals surface area contributed by atoms with Crippen LogP contribution in [0.25, 0.3) is 0 Å². The Hall–Kier alpha value is -1.27. The molecule has 1 heterocycles. The van der Waals surface area contributed by atoms with Gasteiger partial charge in [0.15, 0.2) is 0 Å². The number of nitrogens with zero attached hydrogens (tertiary/aromatic N) is 1. The van der Waals surface area contributed by atoms with Crippen molar-refractivity contribution in [2.24, 2.45) is 5.92 Å². The molecule has 0 aliphatic carbocycles. The standard InChI is InChI=1S/C14H23N3O2S/c1-3-16-20(18,19)12-4-5-13(15)14(10-12)17-8-6-11(2)7-9-17/h4-5,10-11,16H,3,6-9,15H2,1-2H3. The number of sulfonamides is 1. The Kier molecular flexibility index (Phi) is 4.55. The molecular weight excluding hydrogens is 274 g/mol. The van der Waals surface area contributed by atoms with Crippen LogP contribution in [-0.2, 0) is 10.0 Å².